The van der Waals surface area contributed by atoms with Gasteiger partial charge in [0.05, 0.1) is 26.7 Å². The van der Waals surface area contributed by atoms with Crippen LogP contribution in [0.3, 0.4) is 0 Å². The lowest BCUT2D eigenvalue weighted by atomic mass is 10.1. The van der Waals surface area contributed by atoms with E-state index in [4.69, 9.17) is 9.47 Å². The summed E-state index contributed by atoms with van der Waals surface area (Å²) in [6.45, 7) is 1.73. The molecule has 1 aromatic carbocycles. The molecule has 18 heavy (non-hydrogen) atoms. The van der Waals surface area contributed by atoms with Crippen molar-refractivity contribution in [2.45, 2.75) is 6.42 Å². The summed E-state index contributed by atoms with van der Waals surface area (Å²) < 4.78 is 10.3. The largest absolute Gasteiger partial charge is 0.497 e. The van der Waals surface area contributed by atoms with Crippen molar-refractivity contribution in [3.8, 4) is 5.75 Å². The molecular formula is C13H18BrNO3. The molecule has 0 aliphatic heterocycles. The summed E-state index contributed by atoms with van der Waals surface area (Å²) in [5.41, 5.74) is 0.938. The highest BCUT2D eigenvalue weighted by molar-refractivity contribution is 9.09. The van der Waals surface area contributed by atoms with E-state index in [0.29, 0.717) is 26.2 Å². The van der Waals surface area contributed by atoms with Gasteiger partial charge in [0.25, 0.3) is 0 Å². The Morgan fingerprint density at radius 2 is 2.22 bits per heavy atom. The Labute approximate surface area is 116 Å². The molecular weight excluding hydrogens is 298 g/mol. The zero-order valence-electron chi connectivity index (χ0n) is 10.4. The van der Waals surface area contributed by atoms with E-state index in [-0.39, 0.29) is 5.91 Å². The van der Waals surface area contributed by atoms with Crippen LogP contribution in [0.15, 0.2) is 24.3 Å². The lowest BCUT2D eigenvalue weighted by Crippen LogP contribution is -2.28. The highest BCUT2D eigenvalue weighted by atomic mass is 79.9. The van der Waals surface area contributed by atoms with Gasteiger partial charge in [-0.25, -0.2) is 0 Å². The van der Waals surface area contributed by atoms with Gasteiger partial charge in [0, 0.05) is 11.9 Å². The molecule has 0 heterocycles. The van der Waals surface area contributed by atoms with Crippen LogP contribution < -0.4 is 10.1 Å². The van der Waals surface area contributed by atoms with Crippen LogP contribution in [-0.2, 0) is 16.0 Å². The maximum absolute atomic E-state index is 11.6. The quantitative estimate of drug-likeness (QED) is 0.587. The second-order valence-corrected chi connectivity index (χ2v) is 4.47. The first kappa shape index (κ1) is 15.0. The smallest absolute Gasteiger partial charge is 0.224 e. The standard InChI is InChI=1S/C13H18BrNO3/c1-17-12-4-2-3-11(9-12)10-13(16)15-6-8-18-7-5-14/h2-4,9H,5-8,10H2,1H3,(H,15,16). The third-order valence-corrected chi connectivity index (χ3v) is 2.61. The van der Waals surface area contributed by atoms with Gasteiger partial charge in [0.2, 0.25) is 5.91 Å². The van der Waals surface area contributed by atoms with Gasteiger partial charge in [-0.05, 0) is 17.7 Å². The number of benzene rings is 1. The highest BCUT2D eigenvalue weighted by Gasteiger charge is 2.03. The van der Waals surface area contributed by atoms with Gasteiger partial charge in [-0.1, -0.05) is 28.1 Å². The lowest BCUT2D eigenvalue weighted by molar-refractivity contribution is -0.120. The Morgan fingerprint density at radius 3 is 2.94 bits per heavy atom. The molecule has 0 unspecified atom stereocenters. The van der Waals surface area contributed by atoms with Gasteiger partial charge in [-0.3, -0.25) is 4.79 Å². The van der Waals surface area contributed by atoms with Crippen molar-refractivity contribution in [2.75, 3.05) is 32.2 Å². The fraction of sp³-hybridized carbons (Fsp3) is 0.462. The average molecular weight is 316 g/mol. The van der Waals surface area contributed by atoms with Crippen LogP contribution >= 0.6 is 15.9 Å². The summed E-state index contributed by atoms with van der Waals surface area (Å²) in [5.74, 6) is 0.756. The van der Waals surface area contributed by atoms with Crippen molar-refractivity contribution >= 4 is 21.8 Å². The molecule has 0 atom stereocenters. The zero-order chi connectivity index (χ0) is 13.2. The van der Waals surface area contributed by atoms with E-state index < -0.39 is 0 Å². The number of methoxy groups -OCH3 is 1. The fourth-order valence-electron chi connectivity index (χ4n) is 1.45. The third kappa shape index (κ3) is 6.02. The minimum atomic E-state index is -0.00862. The molecule has 0 fully saturated rings. The van der Waals surface area contributed by atoms with Gasteiger partial charge < -0.3 is 14.8 Å². The van der Waals surface area contributed by atoms with E-state index in [2.05, 4.69) is 21.2 Å². The molecule has 0 radical (unpaired) electrons. The first-order valence-electron chi connectivity index (χ1n) is 5.79. The van der Waals surface area contributed by atoms with Gasteiger partial charge in [-0.15, -0.1) is 0 Å². The number of halogens is 1. The molecule has 4 nitrogen and oxygen atoms in total. The Kier molecular flexibility index (Phi) is 7.44. The SMILES string of the molecule is COc1cccc(CC(=O)NCCOCCBr)c1. The number of ether oxygens (including phenoxy) is 2. The first-order chi connectivity index (χ1) is 8.76. The minimum Gasteiger partial charge on any atom is -0.497 e. The average Bonchev–Trinajstić information content (AvgIpc) is 2.38. The summed E-state index contributed by atoms with van der Waals surface area (Å²) in [6.07, 6.45) is 0.357. The normalized spacial score (nSPS) is 10.1. The van der Waals surface area contributed by atoms with E-state index >= 15 is 0 Å². The maximum Gasteiger partial charge on any atom is 0.224 e. The molecule has 0 aliphatic carbocycles. The number of hydrogen-bond donors (Lipinski definition) is 1. The van der Waals surface area contributed by atoms with Gasteiger partial charge >= 0.3 is 0 Å². The molecule has 100 valence electrons. The predicted molar refractivity (Wildman–Crippen MR) is 74.3 cm³/mol. The van der Waals surface area contributed by atoms with E-state index in [1.54, 1.807) is 7.11 Å². The number of hydrogen-bond acceptors (Lipinski definition) is 3. The first-order valence-corrected chi connectivity index (χ1v) is 6.91. The Morgan fingerprint density at radius 1 is 1.39 bits per heavy atom. The molecule has 0 bridgehead atoms. The third-order valence-electron chi connectivity index (χ3n) is 2.29. The fourth-order valence-corrected chi connectivity index (χ4v) is 1.68. The van der Waals surface area contributed by atoms with Crippen molar-refractivity contribution in [3.63, 3.8) is 0 Å². The van der Waals surface area contributed by atoms with Crippen molar-refractivity contribution in [2.24, 2.45) is 0 Å². The highest BCUT2D eigenvalue weighted by Crippen LogP contribution is 2.12. The molecule has 0 spiro atoms. The van der Waals surface area contributed by atoms with Crippen molar-refractivity contribution in [1.29, 1.82) is 0 Å². The summed E-state index contributed by atoms with van der Waals surface area (Å²) in [5, 5.41) is 3.62. The molecule has 0 aliphatic rings. The van der Waals surface area contributed by atoms with Crippen molar-refractivity contribution in [1.82, 2.24) is 5.32 Å². The summed E-state index contributed by atoms with van der Waals surface area (Å²) in [4.78, 5) is 11.6. The van der Waals surface area contributed by atoms with Crippen LogP contribution in [0, 0.1) is 0 Å². The molecule has 0 saturated heterocycles. The van der Waals surface area contributed by atoms with E-state index in [1.165, 1.54) is 0 Å². The van der Waals surface area contributed by atoms with Crippen LogP contribution in [0.4, 0.5) is 0 Å². The molecule has 0 aromatic heterocycles. The Hall–Kier alpha value is -1.07. The number of carbonyl (C=O) groups is 1. The second kappa shape index (κ2) is 8.94. The Bertz CT molecular complexity index is 371. The van der Waals surface area contributed by atoms with Crippen LogP contribution in [0.5, 0.6) is 5.75 Å². The zero-order valence-corrected chi connectivity index (χ0v) is 12.0. The summed E-state index contributed by atoms with van der Waals surface area (Å²) >= 11 is 3.26. The predicted octanol–water partition coefficient (Wildman–Crippen LogP) is 1.77. The number of rotatable bonds is 8. The molecule has 1 aromatic rings. The topological polar surface area (TPSA) is 47.6 Å². The van der Waals surface area contributed by atoms with Crippen LogP contribution in [0.2, 0.25) is 0 Å². The maximum atomic E-state index is 11.6. The lowest BCUT2D eigenvalue weighted by Gasteiger charge is -2.06. The molecule has 0 saturated carbocycles. The van der Waals surface area contributed by atoms with E-state index in [9.17, 15) is 4.79 Å². The minimum absolute atomic E-state index is 0.00862. The van der Waals surface area contributed by atoms with Crippen molar-refractivity contribution < 1.29 is 14.3 Å². The number of carbonyl (C=O) groups excluding carboxylic acids is 1. The molecule has 1 rings (SSSR count). The Balaban J connectivity index is 2.26. The molecule has 1 amide bonds. The van der Waals surface area contributed by atoms with E-state index in [1.807, 2.05) is 24.3 Å². The monoisotopic (exact) mass is 315 g/mol. The van der Waals surface area contributed by atoms with Crippen LogP contribution in [0.1, 0.15) is 5.56 Å². The summed E-state index contributed by atoms with van der Waals surface area (Å²) in [7, 11) is 1.61. The number of amides is 1. The number of alkyl halides is 1. The number of nitrogens with one attached hydrogen (secondary N) is 1. The van der Waals surface area contributed by atoms with Crippen LogP contribution in [0.25, 0.3) is 0 Å². The van der Waals surface area contributed by atoms with Crippen molar-refractivity contribution in [3.05, 3.63) is 29.8 Å². The van der Waals surface area contributed by atoms with E-state index in [0.717, 1.165) is 16.6 Å². The van der Waals surface area contributed by atoms with Crippen LogP contribution in [-0.4, -0.2) is 38.1 Å². The molecule has 5 heteroatoms. The van der Waals surface area contributed by atoms with Gasteiger partial charge in [-0.2, -0.15) is 0 Å². The second-order valence-electron chi connectivity index (χ2n) is 3.68. The van der Waals surface area contributed by atoms with Gasteiger partial charge in [0.1, 0.15) is 5.75 Å². The summed E-state index contributed by atoms with van der Waals surface area (Å²) in [6, 6.07) is 7.50. The van der Waals surface area contributed by atoms with Gasteiger partial charge in [0.15, 0.2) is 0 Å². The molecule has 1 N–H and O–H groups in total.